The molecule has 0 N–H and O–H groups in total. The van der Waals surface area contributed by atoms with E-state index in [2.05, 4.69) is 0 Å². The molecule has 0 heterocycles. The summed E-state index contributed by atoms with van der Waals surface area (Å²) in [6, 6.07) is 15.1. The number of hydrogen-bond acceptors (Lipinski definition) is 5. The van der Waals surface area contributed by atoms with E-state index in [4.69, 9.17) is 9.47 Å². The third-order valence-corrected chi connectivity index (χ3v) is 2.92. The Kier molecular flexibility index (Phi) is 5.48. The normalized spacial score (nSPS) is 10.0. The van der Waals surface area contributed by atoms with E-state index in [1.165, 1.54) is 29.8 Å². The molecule has 0 saturated carbocycles. The summed E-state index contributed by atoms with van der Waals surface area (Å²) in [7, 11) is 0. The van der Waals surface area contributed by atoms with Crippen LogP contribution in [0.15, 0.2) is 54.6 Å². The van der Waals surface area contributed by atoms with E-state index < -0.39 is 11.1 Å². The molecule has 0 spiro atoms. The smallest absolute Gasteiger partial charge is 0.434 e. The Hall–Kier alpha value is -2.89. The Morgan fingerprint density at radius 1 is 1.05 bits per heavy atom. The van der Waals surface area contributed by atoms with Crippen LogP contribution in [0.4, 0.5) is 10.5 Å². The minimum absolute atomic E-state index is 0.0661. The molecule has 2 rings (SSSR count). The summed E-state index contributed by atoms with van der Waals surface area (Å²) in [5, 5.41) is 10.5. The molecule has 0 atom stereocenters. The minimum Gasteiger partial charge on any atom is -0.434 e. The van der Waals surface area contributed by atoms with E-state index in [0.29, 0.717) is 6.42 Å². The number of carbonyl (C=O) groups excluding carboxylic acids is 1. The predicted molar refractivity (Wildman–Crippen MR) is 79.8 cm³/mol. The molecule has 0 bridgehead atoms. The lowest BCUT2D eigenvalue weighted by Gasteiger charge is -2.06. The van der Waals surface area contributed by atoms with Crippen LogP contribution in [0.2, 0.25) is 0 Å². The summed E-state index contributed by atoms with van der Waals surface area (Å²) in [5.41, 5.74) is 1.11. The Balaban J connectivity index is 1.70. The van der Waals surface area contributed by atoms with Gasteiger partial charge in [0.15, 0.2) is 0 Å². The SMILES string of the molecule is O=C(OCCCc1ccccc1)Oc1ccc([N+](=O)[O-])cc1. The number of rotatable bonds is 6. The highest BCUT2D eigenvalue weighted by molar-refractivity contribution is 5.63. The van der Waals surface area contributed by atoms with Gasteiger partial charge in [-0.2, -0.15) is 0 Å². The van der Waals surface area contributed by atoms with Crippen LogP contribution < -0.4 is 4.74 Å². The average molecular weight is 301 g/mol. The van der Waals surface area contributed by atoms with Crippen molar-refractivity contribution in [2.45, 2.75) is 12.8 Å². The third kappa shape index (κ3) is 4.90. The predicted octanol–water partition coefficient (Wildman–Crippen LogP) is 3.74. The third-order valence-electron chi connectivity index (χ3n) is 2.92. The Morgan fingerprint density at radius 2 is 1.73 bits per heavy atom. The summed E-state index contributed by atoms with van der Waals surface area (Å²) in [4.78, 5) is 21.4. The highest BCUT2D eigenvalue weighted by Gasteiger charge is 2.09. The van der Waals surface area contributed by atoms with Crippen LogP contribution in [-0.4, -0.2) is 17.7 Å². The molecule has 0 unspecified atom stereocenters. The first kappa shape index (κ1) is 15.5. The molecule has 114 valence electrons. The molecule has 0 amide bonds. The number of nitrogens with zero attached hydrogens (tertiary/aromatic N) is 1. The molecule has 6 heteroatoms. The van der Waals surface area contributed by atoms with E-state index in [0.717, 1.165) is 6.42 Å². The molecule has 0 saturated heterocycles. The number of aryl methyl sites for hydroxylation is 1. The van der Waals surface area contributed by atoms with Crippen molar-refractivity contribution in [2.24, 2.45) is 0 Å². The molecule has 0 aromatic heterocycles. The van der Waals surface area contributed by atoms with Gasteiger partial charge in [-0.3, -0.25) is 10.1 Å². The molecule has 0 aliphatic carbocycles. The number of nitro benzene ring substituents is 1. The van der Waals surface area contributed by atoms with Gasteiger partial charge in [-0.15, -0.1) is 0 Å². The maximum atomic E-state index is 11.5. The topological polar surface area (TPSA) is 78.7 Å². The standard InChI is InChI=1S/C16H15NO5/c18-16(21-12-4-7-13-5-2-1-3-6-13)22-15-10-8-14(9-11-15)17(19)20/h1-3,5-6,8-11H,4,7,12H2. The van der Waals surface area contributed by atoms with Crippen molar-refractivity contribution >= 4 is 11.8 Å². The average Bonchev–Trinajstić information content (AvgIpc) is 2.53. The van der Waals surface area contributed by atoms with Crippen LogP contribution in [0.3, 0.4) is 0 Å². The first-order valence-electron chi connectivity index (χ1n) is 6.78. The van der Waals surface area contributed by atoms with Gasteiger partial charge in [-0.05, 0) is 30.5 Å². The second kappa shape index (κ2) is 7.78. The number of benzene rings is 2. The van der Waals surface area contributed by atoms with Crippen molar-refractivity contribution in [1.29, 1.82) is 0 Å². The van der Waals surface area contributed by atoms with Crippen LogP contribution in [-0.2, 0) is 11.2 Å². The van der Waals surface area contributed by atoms with Gasteiger partial charge in [-0.1, -0.05) is 30.3 Å². The maximum absolute atomic E-state index is 11.5. The van der Waals surface area contributed by atoms with Crippen LogP contribution >= 0.6 is 0 Å². The van der Waals surface area contributed by atoms with Crippen molar-refractivity contribution in [3.63, 3.8) is 0 Å². The number of non-ortho nitro benzene ring substituents is 1. The van der Waals surface area contributed by atoms with Gasteiger partial charge in [0.1, 0.15) is 5.75 Å². The Morgan fingerprint density at radius 3 is 2.36 bits per heavy atom. The second-order valence-corrected chi connectivity index (χ2v) is 4.54. The molecular weight excluding hydrogens is 286 g/mol. The van der Waals surface area contributed by atoms with Crippen molar-refractivity contribution in [2.75, 3.05) is 6.61 Å². The molecule has 22 heavy (non-hydrogen) atoms. The maximum Gasteiger partial charge on any atom is 0.513 e. The lowest BCUT2D eigenvalue weighted by Crippen LogP contribution is -2.11. The van der Waals surface area contributed by atoms with Gasteiger partial charge in [0.05, 0.1) is 11.5 Å². The monoisotopic (exact) mass is 301 g/mol. The summed E-state index contributed by atoms with van der Waals surface area (Å²) in [6.07, 6.45) is 0.687. The highest BCUT2D eigenvalue weighted by atomic mass is 16.7. The van der Waals surface area contributed by atoms with Gasteiger partial charge in [-0.25, -0.2) is 4.79 Å². The molecule has 2 aromatic carbocycles. The van der Waals surface area contributed by atoms with Crippen LogP contribution in [0, 0.1) is 10.1 Å². The van der Waals surface area contributed by atoms with Crippen LogP contribution in [0.5, 0.6) is 5.75 Å². The number of hydrogen-bond donors (Lipinski definition) is 0. The van der Waals surface area contributed by atoms with Crippen LogP contribution in [0.1, 0.15) is 12.0 Å². The molecule has 0 aliphatic heterocycles. The molecule has 0 radical (unpaired) electrons. The zero-order valence-corrected chi connectivity index (χ0v) is 11.8. The Bertz CT molecular complexity index is 625. The largest absolute Gasteiger partial charge is 0.513 e. The van der Waals surface area contributed by atoms with Crippen molar-refractivity contribution in [3.8, 4) is 5.75 Å². The summed E-state index contributed by atoms with van der Waals surface area (Å²) >= 11 is 0. The first-order chi connectivity index (χ1) is 10.6. The number of nitro groups is 1. The first-order valence-corrected chi connectivity index (χ1v) is 6.78. The van der Waals surface area contributed by atoms with E-state index in [1.54, 1.807) is 0 Å². The van der Waals surface area contributed by atoms with Gasteiger partial charge in [0.2, 0.25) is 0 Å². The minimum atomic E-state index is -0.818. The fraction of sp³-hybridized carbons (Fsp3) is 0.188. The summed E-state index contributed by atoms with van der Waals surface area (Å²) < 4.78 is 9.87. The summed E-state index contributed by atoms with van der Waals surface area (Å²) in [5.74, 6) is 0.207. The van der Waals surface area contributed by atoms with Crippen LogP contribution in [0.25, 0.3) is 0 Å². The quantitative estimate of drug-likeness (QED) is 0.267. The number of ether oxygens (including phenoxy) is 2. The van der Waals surface area contributed by atoms with E-state index >= 15 is 0 Å². The highest BCUT2D eigenvalue weighted by Crippen LogP contribution is 2.17. The van der Waals surface area contributed by atoms with E-state index in [9.17, 15) is 14.9 Å². The molecular formula is C16H15NO5. The molecule has 6 nitrogen and oxygen atoms in total. The summed E-state index contributed by atoms with van der Waals surface area (Å²) in [6.45, 7) is 0.251. The molecule has 2 aromatic rings. The fourth-order valence-corrected chi connectivity index (χ4v) is 1.84. The second-order valence-electron chi connectivity index (χ2n) is 4.54. The Labute approximate surface area is 127 Å². The molecule has 0 fully saturated rings. The van der Waals surface area contributed by atoms with Gasteiger partial charge >= 0.3 is 6.16 Å². The van der Waals surface area contributed by atoms with E-state index in [1.807, 2.05) is 30.3 Å². The zero-order valence-electron chi connectivity index (χ0n) is 11.8. The van der Waals surface area contributed by atoms with Crippen molar-refractivity contribution in [1.82, 2.24) is 0 Å². The van der Waals surface area contributed by atoms with Gasteiger partial charge < -0.3 is 9.47 Å². The van der Waals surface area contributed by atoms with Gasteiger partial charge in [0.25, 0.3) is 5.69 Å². The number of carbonyl (C=O) groups is 1. The molecule has 0 aliphatic rings. The van der Waals surface area contributed by atoms with Crippen molar-refractivity contribution in [3.05, 3.63) is 70.3 Å². The van der Waals surface area contributed by atoms with E-state index in [-0.39, 0.29) is 18.0 Å². The lowest BCUT2D eigenvalue weighted by molar-refractivity contribution is -0.384. The fourth-order valence-electron chi connectivity index (χ4n) is 1.84. The lowest BCUT2D eigenvalue weighted by atomic mass is 10.1. The van der Waals surface area contributed by atoms with Gasteiger partial charge in [0, 0.05) is 12.1 Å². The zero-order chi connectivity index (χ0) is 15.8. The van der Waals surface area contributed by atoms with Crippen molar-refractivity contribution < 1.29 is 19.2 Å².